The highest BCUT2D eigenvalue weighted by Gasteiger charge is 2.36. The Balaban J connectivity index is 2.30. The number of carboxylic acids is 1. The molecule has 0 amide bonds. The largest absolute Gasteiger partial charge is 0.475 e. The molecule has 2 N–H and O–H groups in total. The molecule has 0 saturated carbocycles. The van der Waals surface area contributed by atoms with Crippen molar-refractivity contribution in [2.24, 2.45) is 5.92 Å². The average molecular weight is 303 g/mol. The number of aryl methyl sites for hydroxylation is 1. The number of hydrogen-bond acceptors (Lipinski definition) is 5. The summed E-state index contributed by atoms with van der Waals surface area (Å²) in [5.74, 6) is -1.75. The molecule has 1 saturated heterocycles. The number of nitrogens with zero attached hydrogens (tertiary/aromatic N) is 1. The Morgan fingerprint density at radius 3 is 2.65 bits per heavy atom. The summed E-state index contributed by atoms with van der Waals surface area (Å²) < 4.78 is 31.1. The van der Waals surface area contributed by atoms with Gasteiger partial charge in [0.1, 0.15) is 10.7 Å². The van der Waals surface area contributed by atoms with Crippen molar-refractivity contribution in [3.8, 4) is 0 Å². The zero-order chi connectivity index (χ0) is 15.1. The maximum Gasteiger partial charge on any atom is 0.371 e. The van der Waals surface area contributed by atoms with Crippen LogP contribution in [0.1, 0.15) is 29.7 Å². The van der Waals surface area contributed by atoms with E-state index in [9.17, 15) is 18.3 Å². The van der Waals surface area contributed by atoms with E-state index in [2.05, 4.69) is 0 Å². The molecule has 0 radical (unpaired) electrons. The minimum Gasteiger partial charge on any atom is -0.475 e. The van der Waals surface area contributed by atoms with Crippen LogP contribution in [-0.2, 0) is 10.0 Å². The number of hydrogen-bond donors (Lipinski definition) is 2. The van der Waals surface area contributed by atoms with Gasteiger partial charge in [-0.1, -0.05) is 0 Å². The number of furan rings is 1. The average Bonchev–Trinajstić information content (AvgIpc) is 2.94. The van der Waals surface area contributed by atoms with E-state index in [0.717, 1.165) is 6.07 Å². The molecule has 7 nitrogen and oxygen atoms in total. The maximum absolute atomic E-state index is 12.5. The predicted molar refractivity (Wildman–Crippen MR) is 69.0 cm³/mol. The zero-order valence-electron chi connectivity index (χ0n) is 11.2. The van der Waals surface area contributed by atoms with Crippen molar-refractivity contribution in [3.05, 3.63) is 17.6 Å². The molecular weight excluding hydrogens is 286 g/mol. The molecule has 0 aliphatic carbocycles. The van der Waals surface area contributed by atoms with Gasteiger partial charge in [0.25, 0.3) is 0 Å². The molecule has 1 fully saturated rings. The number of aliphatic hydroxyl groups excluding tert-OH is 1. The van der Waals surface area contributed by atoms with Crippen molar-refractivity contribution in [2.75, 3.05) is 13.1 Å². The Bertz CT molecular complexity index is 618. The molecule has 112 valence electrons. The number of carbonyl (C=O) groups is 1. The van der Waals surface area contributed by atoms with Gasteiger partial charge < -0.3 is 14.6 Å². The molecule has 0 aromatic carbocycles. The fraction of sp³-hybridized carbons (Fsp3) is 0.583. The van der Waals surface area contributed by atoms with Gasteiger partial charge in [-0.15, -0.1) is 0 Å². The summed E-state index contributed by atoms with van der Waals surface area (Å²) in [6.45, 7) is 3.59. The monoisotopic (exact) mass is 303 g/mol. The van der Waals surface area contributed by atoms with E-state index in [1.165, 1.54) is 11.2 Å². The lowest BCUT2D eigenvalue weighted by Gasteiger charge is -2.17. The smallest absolute Gasteiger partial charge is 0.371 e. The summed E-state index contributed by atoms with van der Waals surface area (Å²) in [7, 11) is -3.78. The van der Waals surface area contributed by atoms with Crippen LogP contribution in [0.25, 0.3) is 0 Å². The Morgan fingerprint density at radius 1 is 1.55 bits per heavy atom. The fourth-order valence-corrected chi connectivity index (χ4v) is 4.00. The minimum absolute atomic E-state index is 0.0582. The Kier molecular flexibility index (Phi) is 3.90. The molecule has 0 bridgehead atoms. The lowest BCUT2D eigenvalue weighted by atomic mass is 10.0. The molecule has 20 heavy (non-hydrogen) atoms. The molecule has 1 aliphatic rings. The molecule has 1 aromatic rings. The predicted octanol–water partition coefficient (Wildman–Crippen LogP) is 0.678. The van der Waals surface area contributed by atoms with Gasteiger partial charge in [-0.3, -0.25) is 0 Å². The van der Waals surface area contributed by atoms with Gasteiger partial charge >= 0.3 is 5.97 Å². The van der Waals surface area contributed by atoms with Gasteiger partial charge in [-0.05, 0) is 26.2 Å². The summed E-state index contributed by atoms with van der Waals surface area (Å²) in [6, 6.07) is 1.03. The van der Waals surface area contributed by atoms with Crippen LogP contribution < -0.4 is 0 Å². The van der Waals surface area contributed by atoms with Crippen molar-refractivity contribution < 1.29 is 27.8 Å². The van der Waals surface area contributed by atoms with Crippen molar-refractivity contribution in [1.82, 2.24) is 4.31 Å². The summed E-state index contributed by atoms with van der Waals surface area (Å²) >= 11 is 0. The second kappa shape index (κ2) is 5.19. The van der Waals surface area contributed by atoms with Crippen LogP contribution in [0, 0.1) is 12.8 Å². The van der Waals surface area contributed by atoms with Gasteiger partial charge in [0.05, 0.1) is 6.10 Å². The van der Waals surface area contributed by atoms with E-state index in [4.69, 9.17) is 9.52 Å². The van der Waals surface area contributed by atoms with Crippen LogP contribution in [0.2, 0.25) is 0 Å². The number of sulfonamides is 1. The highest BCUT2D eigenvalue weighted by molar-refractivity contribution is 7.89. The molecule has 8 heteroatoms. The number of aromatic carboxylic acids is 1. The van der Waals surface area contributed by atoms with E-state index in [1.807, 2.05) is 0 Å². The van der Waals surface area contributed by atoms with Crippen LogP contribution in [0.3, 0.4) is 0 Å². The van der Waals surface area contributed by atoms with Crippen LogP contribution >= 0.6 is 0 Å². The van der Waals surface area contributed by atoms with Crippen molar-refractivity contribution >= 4 is 16.0 Å². The summed E-state index contributed by atoms with van der Waals surface area (Å²) in [6.07, 6.45) is 0.00906. The van der Waals surface area contributed by atoms with Crippen molar-refractivity contribution in [3.63, 3.8) is 0 Å². The highest BCUT2D eigenvalue weighted by atomic mass is 32.2. The van der Waals surface area contributed by atoms with Gasteiger partial charge in [0.15, 0.2) is 0 Å². The van der Waals surface area contributed by atoms with Gasteiger partial charge in [0.2, 0.25) is 15.8 Å². The molecule has 2 heterocycles. The van der Waals surface area contributed by atoms with E-state index < -0.39 is 27.9 Å². The standard InChI is InChI=1S/C12H17NO6S/c1-7(14)9-3-4-13(6-9)20(17,18)11-5-10(12(15)16)19-8(11)2/h5,7,9,14H,3-4,6H2,1-2H3,(H,15,16). The van der Waals surface area contributed by atoms with Crippen molar-refractivity contribution in [2.45, 2.75) is 31.3 Å². The quantitative estimate of drug-likeness (QED) is 0.846. The Labute approximate surface area is 116 Å². The third-order valence-electron chi connectivity index (χ3n) is 3.57. The lowest BCUT2D eigenvalue weighted by Crippen LogP contribution is -2.30. The molecule has 2 rings (SSSR count). The molecule has 1 aliphatic heterocycles. The number of carboxylic acid groups (broad SMARTS) is 1. The zero-order valence-corrected chi connectivity index (χ0v) is 12.1. The molecular formula is C12H17NO6S. The van der Waals surface area contributed by atoms with E-state index in [1.54, 1.807) is 6.92 Å². The lowest BCUT2D eigenvalue weighted by molar-refractivity contribution is 0.0661. The fourth-order valence-electron chi connectivity index (χ4n) is 2.33. The third kappa shape index (κ3) is 2.58. The number of rotatable bonds is 4. The first-order valence-corrected chi connectivity index (χ1v) is 7.69. The van der Waals surface area contributed by atoms with E-state index in [0.29, 0.717) is 13.0 Å². The highest BCUT2D eigenvalue weighted by Crippen LogP contribution is 2.29. The second-order valence-electron chi connectivity index (χ2n) is 4.99. The molecule has 0 spiro atoms. The van der Waals surface area contributed by atoms with Crippen LogP contribution in [0.5, 0.6) is 0 Å². The Hall–Kier alpha value is -1.38. The first-order valence-electron chi connectivity index (χ1n) is 6.25. The summed E-state index contributed by atoms with van der Waals surface area (Å²) in [5, 5.41) is 18.4. The number of aliphatic hydroxyl groups is 1. The van der Waals surface area contributed by atoms with Gasteiger partial charge in [0, 0.05) is 19.2 Å². The van der Waals surface area contributed by atoms with Crippen molar-refractivity contribution in [1.29, 1.82) is 0 Å². The summed E-state index contributed by atoms with van der Waals surface area (Å²) in [5.41, 5.74) is 0. The molecule has 2 atom stereocenters. The SMILES string of the molecule is Cc1oc(C(=O)O)cc1S(=O)(=O)N1CCC(C(C)O)C1. The second-order valence-corrected chi connectivity index (χ2v) is 6.90. The summed E-state index contributed by atoms with van der Waals surface area (Å²) in [4.78, 5) is 10.7. The topological polar surface area (TPSA) is 108 Å². The van der Waals surface area contributed by atoms with Crippen LogP contribution in [0.4, 0.5) is 0 Å². The van der Waals surface area contributed by atoms with Gasteiger partial charge in [-0.25, -0.2) is 13.2 Å². The first kappa shape index (κ1) is 15.0. The Morgan fingerprint density at radius 2 is 2.20 bits per heavy atom. The first-order chi connectivity index (χ1) is 9.23. The molecule has 1 aromatic heterocycles. The maximum atomic E-state index is 12.5. The van der Waals surface area contributed by atoms with E-state index >= 15 is 0 Å². The van der Waals surface area contributed by atoms with Gasteiger partial charge in [-0.2, -0.15) is 4.31 Å². The third-order valence-corrected chi connectivity index (χ3v) is 5.54. The van der Waals surface area contributed by atoms with Crippen LogP contribution in [0.15, 0.2) is 15.4 Å². The van der Waals surface area contributed by atoms with E-state index in [-0.39, 0.29) is 23.1 Å². The van der Waals surface area contributed by atoms with Crippen LogP contribution in [-0.4, -0.2) is 48.1 Å². The normalized spacial score (nSPS) is 22.1. The molecule has 2 unspecified atom stereocenters. The minimum atomic E-state index is -3.78.